The van der Waals surface area contributed by atoms with E-state index in [0.717, 1.165) is 5.56 Å². The van der Waals surface area contributed by atoms with E-state index in [1.807, 2.05) is 0 Å². The number of nitrogens with zero attached hydrogens (tertiary/aromatic N) is 1. The maximum atomic E-state index is 12.6. The minimum atomic E-state index is -2.36. The second kappa shape index (κ2) is 7.31. The van der Waals surface area contributed by atoms with Crippen LogP contribution in [0, 0.1) is 0 Å². The van der Waals surface area contributed by atoms with Crippen molar-refractivity contribution in [1.82, 2.24) is 10.2 Å². The van der Waals surface area contributed by atoms with Crippen LogP contribution in [0.1, 0.15) is 22.0 Å². The summed E-state index contributed by atoms with van der Waals surface area (Å²) < 4.78 is 41.4. The average molecular weight is 342 g/mol. The molecule has 2 aliphatic heterocycles. The quantitative estimate of drug-likeness (QED) is 0.836. The van der Waals surface area contributed by atoms with Crippen molar-refractivity contribution in [1.29, 1.82) is 0 Å². The van der Waals surface area contributed by atoms with Crippen LogP contribution < -0.4 is 14.8 Å². The number of carbonyl (C=O) groups excluding carboxylic acids is 1. The molecule has 24 heavy (non-hydrogen) atoms. The van der Waals surface area contributed by atoms with Gasteiger partial charge in [0, 0.05) is 31.2 Å². The Bertz CT molecular complexity index is 612. The number of ether oxygens (including phenoxy) is 3. The first-order valence-corrected chi connectivity index (χ1v) is 7.85. The maximum absolute atomic E-state index is 12.6. The molecule has 0 aromatic heterocycles. The van der Waals surface area contributed by atoms with Crippen LogP contribution in [-0.2, 0) is 4.74 Å². The second-order valence-corrected chi connectivity index (χ2v) is 5.71. The molecule has 1 aromatic rings. The lowest BCUT2D eigenvalue weighted by molar-refractivity contribution is 0.0588. The molecule has 1 fully saturated rings. The first-order chi connectivity index (χ1) is 11.6. The Kier molecular flexibility index (Phi) is 5.15. The summed E-state index contributed by atoms with van der Waals surface area (Å²) in [6.07, 6.45) is -2.36. The standard InChI is InChI=1S/C16H20F2N2O4/c1-22-16(21)11-3-2-10(14-15(11)24-7-6-23-14)12-8-20(5-4-19-12)9-13(17)18/h2-3,12-13,19H,4-9H2,1H3. The van der Waals surface area contributed by atoms with Crippen molar-refractivity contribution in [3.05, 3.63) is 23.3 Å². The van der Waals surface area contributed by atoms with Crippen LogP contribution in [0.3, 0.4) is 0 Å². The minimum absolute atomic E-state index is 0.167. The largest absolute Gasteiger partial charge is 0.486 e. The normalized spacial score (nSPS) is 20.9. The molecule has 0 bridgehead atoms. The number of hydrogen-bond acceptors (Lipinski definition) is 6. The van der Waals surface area contributed by atoms with Gasteiger partial charge in [0.2, 0.25) is 0 Å². The van der Waals surface area contributed by atoms with Gasteiger partial charge >= 0.3 is 5.97 Å². The average Bonchev–Trinajstić information content (AvgIpc) is 2.59. The van der Waals surface area contributed by atoms with Gasteiger partial charge in [-0.25, -0.2) is 13.6 Å². The molecule has 132 valence electrons. The number of fused-ring (bicyclic) bond motifs is 1. The number of methoxy groups -OCH3 is 1. The van der Waals surface area contributed by atoms with Gasteiger partial charge in [-0.1, -0.05) is 6.07 Å². The summed E-state index contributed by atoms with van der Waals surface area (Å²) in [5.41, 5.74) is 1.10. The SMILES string of the molecule is COC(=O)c1ccc(C2CN(CC(F)F)CCN2)c2c1OCCO2. The van der Waals surface area contributed by atoms with Gasteiger partial charge in [-0.05, 0) is 6.07 Å². The molecule has 3 rings (SSSR count). The van der Waals surface area contributed by atoms with Gasteiger partial charge in [-0.15, -0.1) is 0 Å². The molecule has 1 N–H and O–H groups in total. The second-order valence-electron chi connectivity index (χ2n) is 5.71. The summed E-state index contributed by atoms with van der Waals surface area (Å²) in [7, 11) is 1.30. The number of rotatable bonds is 4. The first kappa shape index (κ1) is 16.9. The zero-order chi connectivity index (χ0) is 17.1. The molecular weight excluding hydrogens is 322 g/mol. The highest BCUT2D eigenvalue weighted by molar-refractivity contribution is 5.94. The summed E-state index contributed by atoms with van der Waals surface area (Å²) in [6.45, 7) is 2.08. The summed E-state index contributed by atoms with van der Waals surface area (Å²) in [6, 6.07) is 3.23. The third kappa shape index (κ3) is 3.44. The first-order valence-electron chi connectivity index (χ1n) is 7.85. The van der Waals surface area contributed by atoms with Gasteiger partial charge < -0.3 is 19.5 Å². The van der Waals surface area contributed by atoms with E-state index in [9.17, 15) is 13.6 Å². The Hall–Kier alpha value is -1.93. The molecule has 8 heteroatoms. The van der Waals surface area contributed by atoms with Gasteiger partial charge in [0.1, 0.15) is 18.8 Å². The number of benzene rings is 1. The van der Waals surface area contributed by atoms with E-state index >= 15 is 0 Å². The molecule has 1 saturated heterocycles. The molecule has 2 aliphatic rings. The fourth-order valence-corrected chi connectivity index (χ4v) is 3.08. The smallest absolute Gasteiger partial charge is 0.341 e. The summed E-state index contributed by atoms with van der Waals surface area (Å²) in [5, 5.41) is 3.31. The van der Waals surface area contributed by atoms with Crippen molar-refractivity contribution in [2.24, 2.45) is 0 Å². The highest BCUT2D eigenvalue weighted by Gasteiger charge is 2.30. The monoisotopic (exact) mass is 342 g/mol. The Labute approximate surface area is 138 Å². The molecule has 1 aromatic carbocycles. The molecule has 0 aliphatic carbocycles. The summed E-state index contributed by atoms with van der Waals surface area (Å²) >= 11 is 0. The Morgan fingerprint density at radius 2 is 2.12 bits per heavy atom. The zero-order valence-corrected chi connectivity index (χ0v) is 13.4. The van der Waals surface area contributed by atoms with Crippen LogP contribution in [0.25, 0.3) is 0 Å². The number of carbonyl (C=O) groups is 1. The number of nitrogens with one attached hydrogen (secondary N) is 1. The molecule has 0 saturated carbocycles. The fourth-order valence-electron chi connectivity index (χ4n) is 3.08. The van der Waals surface area contributed by atoms with Crippen molar-refractivity contribution in [3.63, 3.8) is 0 Å². The third-order valence-corrected chi connectivity index (χ3v) is 4.16. The Balaban J connectivity index is 1.89. The van der Waals surface area contributed by atoms with E-state index in [1.54, 1.807) is 17.0 Å². The fraction of sp³-hybridized carbons (Fsp3) is 0.562. The Morgan fingerprint density at radius 1 is 1.38 bits per heavy atom. The van der Waals surface area contributed by atoms with Crippen LogP contribution in [0.2, 0.25) is 0 Å². The van der Waals surface area contributed by atoms with E-state index in [4.69, 9.17) is 14.2 Å². The van der Waals surface area contributed by atoms with Crippen molar-refractivity contribution < 1.29 is 27.8 Å². The van der Waals surface area contributed by atoms with Crippen molar-refractivity contribution in [3.8, 4) is 11.5 Å². The number of piperazine rings is 1. The lowest BCUT2D eigenvalue weighted by atomic mass is 9.99. The summed E-state index contributed by atoms with van der Waals surface area (Å²) in [5.74, 6) is 0.346. The number of hydrogen-bond donors (Lipinski definition) is 1. The highest BCUT2D eigenvalue weighted by atomic mass is 19.3. The molecule has 0 amide bonds. The molecule has 1 unspecified atom stereocenters. The molecule has 0 radical (unpaired) electrons. The Morgan fingerprint density at radius 3 is 2.83 bits per heavy atom. The van der Waals surface area contributed by atoms with Gasteiger partial charge in [0.15, 0.2) is 11.5 Å². The molecule has 6 nitrogen and oxygen atoms in total. The number of halogens is 2. The van der Waals surface area contributed by atoms with Crippen LogP contribution in [0.4, 0.5) is 8.78 Å². The van der Waals surface area contributed by atoms with Crippen LogP contribution >= 0.6 is 0 Å². The lowest BCUT2D eigenvalue weighted by Gasteiger charge is -2.35. The van der Waals surface area contributed by atoms with Gasteiger partial charge in [0.25, 0.3) is 6.43 Å². The molecule has 2 heterocycles. The van der Waals surface area contributed by atoms with Crippen LogP contribution in [0.5, 0.6) is 11.5 Å². The van der Waals surface area contributed by atoms with Crippen LogP contribution in [-0.4, -0.2) is 63.8 Å². The highest BCUT2D eigenvalue weighted by Crippen LogP contribution is 2.40. The molecule has 1 atom stereocenters. The zero-order valence-electron chi connectivity index (χ0n) is 13.4. The van der Waals surface area contributed by atoms with E-state index in [-0.39, 0.29) is 12.6 Å². The van der Waals surface area contributed by atoms with Gasteiger partial charge in [0.05, 0.1) is 13.7 Å². The number of esters is 1. The van der Waals surface area contributed by atoms with Gasteiger partial charge in [-0.3, -0.25) is 4.90 Å². The third-order valence-electron chi connectivity index (χ3n) is 4.16. The minimum Gasteiger partial charge on any atom is -0.486 e. The van der Waals surface area contributed by atoms with Crippen LogP contribution in [0.15, 0.2) is 12.1 Å². The van der Waals surface area contributed by atoms with Crippen molar-refractivity contribution in [2.45, 2.75) is 12.5 Å². The molecular formula is C16H20F2N2O4. The van der Waals surface area contributed by atoms with Crippen molar-refractivity contribution >= 4 is 5.97 Å². The van der Waals surface area contributed by atoms with E-state index in [0.29, 0.717) is 49.9 Å². The van der Waals surface area contributed by atoms with E-state index in [2.05, 4.69) is 5.32 Å². The predicted molar refractivity (Wildman–Crippen MR) is 82.0 cm³/mol. The topological polar surface area (TPSA) is 60.0 Å². The summed E-state index contributed by atoms with van der Waals surface area (Å²) in [4.78, 5) is 13.6. The molecule has 0 spiro atoms. The predicted octanol–water partition coefficient (Wildman–Crippen LogP) is 1.46. The lowest BCUT2D eigenvalue weighted by Crippen LogP contribution is -2.47. The van der Waals surface area contributed by atoms with E-state index < -0.39 is 12.4 Å². The van der Waals surface area contributed by atoms with Crippen molar-refractivity contribution in [2.75, 3.05) is 46.5 Å². The number of alkyl halides is 2. The van der Waals surface area contributed by atoms with E-state index in [1.165, 1.54) is 7.11 Å². The maximum Gasteiger partial charge on any atom is 0.341 e. The van der Waals surface area contributed by atoms with Gasteiger partial charge in [-0.2, -0.15) is 0 Å².